The van der Waals surface area contributed by atoms with E-state index in [2.05, 4.69) is 16.0 Å². The zero-order valence-corrected chi connectivity index (χ0v) is 23.8. The van der Waals surface area contributed by atoms with Crippen LogP contribution < -0.4 is 20.7 Å². The maximum Gasteiger partial charge on any atom is 0.407 e. The summed E-state index contributed by atoms with van der Waals surface area (Å²) in [5.41, 5.74) is 1.60. The van der Waals surface area contributed by atoms with Gasteiger partial charge in [-0.15, -0.1) is 0 Å². The summed E-state index contributed by atoms with van der Waals surface area (Å²) in [6.07, 6.45) is -0.508. The Morgan fingerprint density at radius 3 is 2.21 bits per heavy atom. The lowest BCUT2D eigenvalue weighted by atomic mass is 9.99. The lowest BCUT2D eigenvalue weighted by molar-refractivity contribution is -0.142. The molecule has 2 aromatic rings. The zero-order chi connectivity index (χ0) is 29.2. The first kappa shape index (κ1) is 31.4. The van der Waals surface area contributed by atoms with Crippen LogP contribution in [0.4, 0.5) is 16.2 Å². The standard InChI is InChI=1S/C29H41N3O7/c1-18(2)24(27(35)37-7)32-25-21(15-22(16-33)31-28(36)39-29(4,5)6)13-14-23(26(25)30-19(3)34)38-17-20-11-9-8-10-12-20/h8-14,18,22,24,32-33H,15-17H2,1-7H3,(H,30,34)(H,31,36)/t22-,24-/m0/s1. The van der Waals surface area contributed by atoms with Crippen molar-refractivity contribution >= 4 is 29.3 Å². The van der Waals surface area contributed by atoms with Crippen LogP contribution in [0.5, 0.6) is 5.75 Å². The van der Waals surface area contributed by atoms with E-state index in [0.29, 0.717) is 22.7 Å². The number of aliphatic hydroxyl groups excluding tert-OH is 1. The number of amides is 2. The van der Waals surface area contributed by atoms with E-state index >= 15 is 0 Å². The van der Waals surface area contributed by atoms with Gasteiger partial charge in [-0.3, -0.25) is 4.79 Å². The molecule has 0 aliphatic heterocycles. The molecule has 0 saturated heterocycles. The molecule has 4 N–H and O–H groups in total. The first-order chi connectivity index (χ1) is 18.3. The number of anilines is 2. The fourth-order valence-corrected chi connectivity index (χ4v) is 3.80. The molecule has 0 saturated carbocycles. The summed E-state index contributed by atoms with van der Waals surface area (Å²) in [5, 5.41) is 18.8. The fraction of sp³-hybridized carbons (Fsp3) is 0.483. The maximum absolute atomic E-state index is 12.6. The van der Waals surface area contributed by atoms with Crippen molar-refractivity contribution in [1.82, 2.24) is 5.32 Å². The van der Waals surface area contributed by atoms with Crippen molar-refractivity contribution < 1.29 is 33.7 Å². The van der Waals surface area contributed by atoms with Crippen molar-refractivity contribution in [3.8, 4) is 5.75 Å². The molecule has 0 spiro atoms. The Hall–Kier alpha value is -3.79. The third kappa shape index (κ3) is 10.1. The Labute approximate surface area is 230 Å². The van der Waals surface area contributed by atoms with Gasteiger partial charge in [-0.1, -0.05) is 50.2 Å². The molecule has 2 amide bonds. The van der Waals surface area contributed by atoms with Crippen molar-refractivity contribution in [3.63, 3.8) is 0 Å². The fourth-order valence-electron chi connectivity index (χ4n) is 3.80. The highest BCUT2D eigenvalue weighted by Gasteiger charge is 2.28. The highest BCUT2D eigenvalue weighted by molar-refractivity contribution is 5.97. The minimum Gasteiger partial charge on any atom is -0.487 e. The van der Waals surface area contributed by atoms with Gasteiger partial charge in [0.25, 0.3) is 0 Å². The van der Waals surface area contributed by atoms with E-state index in [0.717, 1.165) is 5.56 Å². The highest BCUT2D eigenvalue weighted by atomic mass is 16.6. The number of benzene rings is 2. The van der Waals surface area contributed by atoms with Crippen LogP contribution >= 0.6 is 0 Å². The number of carbonyl (C=O) groups excluding carboxylic acids is 3. The van der Waals surface area contributed by atoms with E-state index in [9.17, 15) is 19.5 Å². The summed E-state index contributed by atoms with van der Waals surface area (Å²) in [6.45, 7) is 10.2. The maximum atomic E-state index is 12.6. The molecule has 0 aliphatic carbocycles. The predicted octanol–water partition coefficient (Wildman–Crippen LogP) is 4.26. The molecule has 0 fully saturated rings. The minimum absolute atomic E-state index is 0.162. The molecule has 2 aromatic carbocycles. The third-order valence-corrected chi connectivity index (χ3v) is 5.62. The van der Waals surface area contributed by atoms with Crippen molar-refractivity contribution in [2.75, 3.05) is 24.4 Å². The molecule has 0 radical (unpaired) electrons. The van der Waals surface area contributed by atoms with Crippen LogP contribution in [0.2, 0.25) is 0 Å². The van der Waals surface area contributed by atoms with E-state index in [4.69, 9.17) is 14.2 Å². The third-order valence-electron chi connectivity index (χ3n) is 5.62. The molecule has 2 atom stereocenters. The largest absolute Gasteiger partial charge is 0.487 e. The van der Waals surface area contributed by atoms with Crippen LogP contribution in [0.1, 0.15) is 52.7 Å². The topological polar surface area (TPSA) is 135 Å². The van der Waals surface area contributed by atoms with Gasteiger partial charge in [-0.05, 0) is 50.3 Å². The van der Waals surface area contributed by atoms with Crippen LogP contribution in [-0.4, -0.2) is 54.5 Å². The first-order valence-corrected chi connectivity index (χ1v) is 12.9. The molecule has 214 valence electrons. The molecular weight excluding hydrogens is 502 g/mol. The molecule has 10 heteroatoms. The molecule has 10 nitrogen and oxygen atoms in total. The van der Waals surface area contributed by atoms with Crippen molar-refractivity contribution in [3.05, 3.63) is 53.6 Å². The van der Waals surface area contributed by atoms with Gasteiger partial charge in [0.1, 0.15) is 29.7 Å². The number of esters is 1. The molecule has 0 aromatic heterocycles. The van der Waals surface area contributed by atoms with Crippen LogP contribution in [0.3, 0.4) is 0 Å². The number of nitrogens with one attached hydrogen (secondary N) is 3. The molecule has 39 heavy (non-hydrogen) atoms. The summed E-state index contributed by atoms with van der Waals surface area (Å²) < 4.78 is 16.4. The van der Waals surface area contributed by atoms with Gasteiger partial charge in [-0.2, -0.15) is 0 Å². The average molecular weight is 544 g/mol. The van der Waals surface area contributed by atoms with Gasteiger partial charge in [0.2, 0.25) is 5.91 Å². The Morgan fingerprint density at radius 2 is 1.67 bits per heavy atom. The molecule has 0 unspecified atom stereocenters. The van der Waals surface area contributed by atoms with E-state index in [1.165, 1.54) is 14.0 Å². The van der Waals surface area contributed by atoms with Crippen LogP contribution in [0, 0.1) is 5.92 Å². The van der Waals surface area contributed by atoms with Crippen molar-refractivity contribution in [2.45, 2.75) is 72.3 Å². The number of rotatable bonds is 12. The number of alkyl carbamates (subject to hydrolysis) is 1. The van der Waals surface area contributed by atoms with E-state index in [-0.39, 0.29) is 31.5 Å². The van der Waals surface area contributed by atoms with Gasteiger partial charge in [0, 0.05) is 6.92 Å². The Kier molecular flexibility index (Phi) is 11.6. The summed E-state index contributed by atoms with van der Waals surface area (Å²) >= 11 is 0. The molecule has 2 rings (SSSR count). The van der Waals surface area contributed by atoms with Crippen molar-refractivity contribution in [1.29, 1.82) is 0 Å². The molecule has 0 aliphatic rings. The lowest BCUT2D eigenvalue weighted by Gasteiger charge is -2.27. The van der Waals surface area contributed by atoms with E-state index < -0.39 is 29.7 Å². The SMILES string of the molecule is COC(=O)[C@@H](Nc1c(C[C@@H](CO)NC(=O)OC(C)(C)C)ccc(OCc2ccccc2)c1NC(C)=O)C(C)C. The van der Waals surface area contributed by atoms with Crippen LogP contribution in [0.25, 0.3) is 0 Å². The average Bonchev–Trinajstić information content (AvgIpc) is 2.85. The van der Waals surface area contributed by atoms with Gasteiger partial charge >= 0.3 is 12.1 Å². The summed E-state index contributed by atoms with van der Waals surface area (Å²) in [4.78, 5) is 37.3. The number of hydrogen-bond donors (Lipinski definition) is 4. The molecule has 0 bridgehead atoms. The molecular formula is C29H41N3O7. The van der Waals surface area contributed by atoms with Gasteiger partial charge < -0.3 is 35.3 Å². The summed E-state index contributed by atoms with van der Waals surface area (Å²) in [7, 11) is 1.31. The number of carbonyl (C=O) groups is 3. The number of aliphatic hydroxyl groups is 1. The second kappa shape index (κ2) is 14.4. The number of methoxy groups -OCH3 is 1. The lowest BCUT2D eigenvalue weighted by Crippen LogP contribution is -2.42. The van der Waals surface area contributed by atoms with Gasteiger partial charge in [0.15, 0.2) is 0 Å². The monoisotopic (exact) mass is 543 g/mol. The quantitative estimate of drug-likeness (QED) is 0.292. The van der Waals surface area contributed by atoms with Gasteiger partial charge in [0.05, 0.1) is 25.4 Å². The normalized spacial score (nSPS) is 12.7. The first-order valence-electron chi connectivity index (χ1n) is 12.9. The highest BCUT2D eigenvalue weighted by Crippen LogP contribution is 2.38. The Bertz CT molecular complexity index is 1110. The number of hydrogen-bond acceptors (Lipinski definition) is 8. The number of ether oxygens (including phenoxy) is 3. The summed E-state index contributed by atoms with van der Waals surface area (Å²) in [5.74, 6) is -0.610. The Balaban J connectivity index is 2.54. The van der Waals surface area contributed by atoms with Crippen LogP contribution in [-0.2, 0) is 32.1 Å². The summed E-state index contributed by atoms with van der Waals surface area (Å²) in [6, 6.07) is 11.6. The van der Waals surface area contributed by atoms with Crippen molar-refractivity contribution in [2.24, 2.45) is 5.92 Å². The Morgan fingerprint density at radius 1 is 1.00 bits per heavy atom. The van der Waals surface area contributed by atoms with E-state index in [1.54, 1.807) is 32.9 Å². The van der Waals surface area contributed by atoms with Gasteiger partial charge in [-0.25, -0.2) is 9.59 Å². The minimum atomic E-state index is -0.753. The smallest absolute Gasteiger partial charge is 0.407 e. The second-order valence-corrected chi connectivity index (χ2v) is 10.5. The predicted molar refractivity (Wildman–Crippen MR) is 150 cm³/mol. The van der Waals surface area contributed by atoms with Crippen LogP contribution in [0.15, 0.2) is 42.5 Å². The zero-order valence-electron chi connectivity index (χ0n) is 23.8. The second-order valence-electron chi connectivity index (χ2n) is 10.5. The van der Waals surface area contributed by atoms with E-state index in [1.807, 2.05) is 44.2 Å². The molecule has 0 heterocycles.